The molecule has 2 heterocycles. The van der Waals surface area contributed by atoms with E-state index in [-0.39, 0.29) is 24.9 Å². The van der Waals surface area contributed by atoms with Crippen molar-refractivity contribution in [2.75, 3.05) is 25.5 Å². The van der Waals surface area contributed by atoms with E-state index in [1.54, 1.807) is 6.07 Å². The molecule has 2 aliphatic rings. The number of carbonyl (C=O) groups is 2. The largest absolute Gasteiger partial charge is 0.414 e. The van der Waals surface area contributed by atoms with E-state index >= 15 is 0 Å². The zero-order valence-corrected chi connectivity index (χ0v) is 19.5. The Morgan fingerprint density at radius 2 is 2.03 bits per heavy atom. The first kappa shape index (κ1) is 24.6. The molecule has 1 fully saturated rings. The summed E-state index contributed by atoms with van der Waals surface area (Å²) >= 11 is 12.4. The van der Waals surface area contributed by atoms with E-state index in [4.69, 9.17) is 27.9 Å². The number of anilines is 1. The fourth-order valence-electron chi connectivity index (χ4n) is 4.21. The minimum Gasteiger partial charge on any atom is -0.380 e. The van der Waals surface area contributed by atoms with Crippen molar-refractivity contribution in [2.45, 2.75) is 37.2 Å². The van der Waals surface area contributed by atoms with Crippen LogP contribution in [0.1, 0.15) is 22.9 Å². The van der Waals surface area contributed by atoms with Crippen LogP contribution in [0.2, 0.25) is 10.0 Å². The van der Waals surface area contributed by atoms with E-state index in [9.17, 15) is 22.8 Å². The van der Waals surface area contributed by atoms with Gasteiger partial charge in [0.2, 0.25) is 5.91 Å². The smallest absolute Gasteiger partial charge is 0.380 e. The topological polar surface area (TPSA) is 83.6 Å². The number of alkyl halides is 3. The summed E-state index contributed by atoms with van der Waals surface area (Å²) < 4.78 is 46.8. The van der Waals surface area contributed by atoms with Gasteiger partial charge in [0.15, 0.2) is 12.1 Å². The van der Waals surface area contributed by atoms with Crippen molar-refractivity contribution >= 4 is 40.7 Å². The van der Waals surface area contributed by atoms with Gasteiger partial charge in [0.1, 0.15) is 6.61 Å². The highest BCUT2D eigenvalue weighted by atomic mass is 35.5. The molecular formula is C22H21Cl2F3N4O3. The fourth-order valence-corrected chi connectivity index (χ4v) is 4.65. The van der Waals surface area contributed by atoms with Crippen LogP contribution in [0.5, 0.6) is 0 Å². The molecule has 2 unspecified atom stereocenters. The predicted octanol–water partition coefficient (Wildman–Crippen LogP) is 3.54. The number of ether oxygens (including phenoxy) is 1. The normalized spacial score (nSPS) is 20.9. The summed E-state index contributed by atoms with van der Waals surface area (Å²) in [5.74, 6) is -1.33. The number of hydrogen-bond acceptors (Lipinski definition) is 5. The monoisotopic (exact) mass is 516 g/mol. The Hall–Kier alpha value is -2.56. The van der Waals surface area contributed by atoms with E-state index in [2.05, 4.69) is 15.6 Å². The Kier molecular flexibility index (Phi) is 6.93. The van der Waals surface area contributed by atoms with Gasteiger partial charge in [0.25, 0.3) is 5.91 Å². The quantitative estimate of drug-likeness (QED) is 0.634. The maximum absolute atomic E-state index is 13.9. The minimum absolute atomic E-state index is 0.0139. The second kappa shape index (κ2) is 9.59. The van der Waals surface area contributed by atoms with Gasteiger partial charge < -0.3 is 20.3 Å². The van der Waals surface area contributed by atoms with Crippen LogP contribution in [0.15, 0.2) is 30.5 Å². The summed E-state index contributed by atoms with van der Waals surface area (Å²) in [7, 11) is 1.04. The van der Waals surface area contributed by atoms with Gasteiger partial charge >= 0.3 is 6.18 Å². The second-order valence-corrected chi connectivity index (χ2v) is 9.00. The molecule has 2 amide bonds. The Labute approximate surface area is 203 Å². The van der Waals surface area contributed by atoms with Crippen LogP contribution >= 0.6 is 23.2 Å². The highest BCUT2D eigenvalue weighted by Gasteiger charge is 2.47. The molecule has 4 rings (SSSR count). The maximum atomic E-state index is 13.9. The third-order valence-corrected chi connectivity index (χ3v) is 6.71. The molecule has 34 heavy (non-hydrogen) atoms. The molecule has 1 aromatic heterocycles. The summed E-state index contributed by atoms with van der Waals surface area (Å²) in [5, 5.41) is 6.66. The summed E-state index contributed by atoms with van der Waals surface area (Å²) in [6.45, 7) is -0.579. The third kappa shape index (κ3) is 5.08. The Bertz CT molecular complexity index is 1090. The van der Waals surface area contributed by atoms with Gasteiger partial charge in [-0.3, -0.25) is 14.6 Å². The van der Waals surface area contributed by atoms with Gasteiger partial charge in [-0.2, -0.15) is 13.2 Å². The summed E-state index contributed by atoms with van der Waals surface area (Å²) in [5.41, 5.74) is 2.22. The fraction of sp³-hybridized carbons (Fsp3) is 0.409. The Morgan fingerprint density at radius 3 is 2.65 bits per heavy atom. The van der Waals surface area contributed by atoms with Crippen LogP contribution in [0, 0.1) is 0 Å². The number of nitrogens with zero attached hydrogens (tertiary/aromatic N) is 2. The van der Waals surface area contributed by atoms with Crippen molar-refractivity contribution in [3.63, 3.8) is 0 Å². The lowest BCUT2D eigenvalue weighted by atomic mass is 10.1. The van der Waals surface area contributed by atoms with Crippen LogP contribution in [0.25, 0.3) is 0 Å². The Morgan fingerprint density at radius 1 is 1.26 bits per heavy atom. The molecule has 182 valence electrons. The lowest BCUT2D eigenvalue weighted by Crippen LogP contribution is -2.52. The zero-order valence-electron chi connectivity index (χ0n) is 18.0. The average Bonchev–Trinajstić information content (AvgIpc) is 3.20. The first-order valence-corrected chi connectivity index (χ1v) is 11.2. The number of amides is 2. The number of benzene rings is 1. The number of rotatable bonds is 5. The van der Waals surface area contributed by atoms with E-state index in [0.29, 0.717) is 33.5 Å². The number of morpholine rings is 1. The molecule has 3 atom stereocenters. The van der Waals surface area contributed by atoms with Gasteiger partial charge in [-0.1, -0.05) is 29.3 Å². The molecule has 1 aromatic carbocycles. The molecule has 0 spiro atoms. The molecule has 2 aromatic rings. The second-order valence-electron chi connectivity index (χ2n) is 8.22. The van der Waals surface area contributed by atoms with Crippen LogP contribution in [0.4, 0.5) is 18.9 Å². The van der Waals surface area contributed by atoms with Crippen molar-refractivity contribution in [3.05, 3.63) is 57.3 Å². The molecule has 7 nitrogen and oxygen atoms in total. The van der Waals surface area contributed by atoms with Crippen molar-refractivity contribution in [2.24, 2.45) is 0 Å². The first-order chi connectivity index (χ1) is 16.0. The number of fused-ring (bicyclic) bond motifs is 1. The average molecular weight is 517 g/mol. The highest BCUT2D eigenvalue weighted by molar-refractivity contribution is 6.42. The lowest BCUT2D eigenvalue weighted by Gasteiger charge is -2.33. The number of halogens is 5. The first-order valence-electron chi connectivity index (χ1n) is 10.4. The number of hydrogen-bond donors (Lipinski definition) is 2. The minimum atomic E-state index is -4.77. The summed E-state index contributed by atoms with van der Waals surface area (Å²) in [6, 6.07) is 4.10. The van der Waals surface area contributed by atoms with E-state index in [1.165, 1.54) is 18.3 Å². The zero-order chi connectivity index (χ0) is 24.6. The molecule has 0 saturated carbocycles. The SMILES string of the molecule is CN(C(=O)C1CNC(=O)CO1)[C@@H](c1ccc(NC2Cc3ccc(Cl)c(Cl)c3C2)cn1)C(F)(F)F. The van der Waals surface area contributed by atoms with E-state index < -0.39 is 30.1 Å². The van der Waals surface area contributed by atoms with Gasteiger partial charge in [-0.05, 0) is 42.2 Å². The predicted molar refractivity (Wildman–Crippen MR) is 120 cm³/mol. The van der Waals surface area contributed by atoms with Crippen molar-refractivity contribution in [1.29, 1.82) is 0 Å². The number of pyridine rings is 1. The van der Waals surface area contributed by atoms with Crippen molar-refractivity contribution in [3.8, 4) is 0 Å². The number of aromatic nitrogens is 1. The van der Waals surface area contributed by atoms with Crippen molar-refractivity contribution < 1.29 is 27.5 Å². The molecule has 2 N–H and O–H groups in total. The van der Waals surface area contributed by atoms with E-state index in [1.807, 2.05) is 6.07 Å². The summed E-state index contributed by atoms with van der Waals surface area (Å²) in [4.78, 5) is 28.4. The van der Waals surface area contributed by atoms with Crippen molar-refractivity contribution in [1.82, 2.24) is 15.2 Å². The number of carbonyl (C=O) groups excluding carboxylic acids is 2. The molecule has 0 bridgehead atoms. The van der Waals surface area contributed by atoms with Gasteiger partial charge in [0, 0.05) is 13.1 Å². The van der Waals surface area contributed by atoms with Gasteiger partial charge in [-0.25, -0.2) is 0 Å². The summed E-state index contributed by atoms with van der Waals surface area (Å²) in [6.07, 6.45) is -3.35. The van der Waals surface area contributed by atoms with Crippen LogP contribution < -0.4 is 10.6 Å². The molecular weight excluding hydrogens is 496 g/mol. The Balaban J connectivity index is 1.46. The van der Waals surface area contributed by atoms with Crippen LogP contribution in [0.3, 0.4) is 0 Å². The van der Waals surface area contributed by atoms with Gasteiger partial charge in [-0.15, -0.1) is 0 Å². The maximum Gasteiger partial charge on any atom is 0.414 e. The molecule has 1 aliphatic heterocycles. The standard InChI is InChI=1S/C22H21Cl2F3N4O3/c1-31(21(33)17-9-29-18(32)10-34-17)20(22(25,26)27)16-5-3-12(8-28-16)30-13-6-11-2-4-15(23)19(24)14(11)7-13/h2-5,8,13,17,20,30H,6-7,9-10H2,1H3,(H,29,32)/t13?,17?,20-/m0/s1. The molecule has 0 radical (unpaired) electrons. The number of likely N-dealkylation sites (N-methyl/N-ethyl adjacent to an activating group) is 1. The molecule has 1 saturated heterocycles. The molecule has 12 heteroatoms. The number of nitrogens with one attached hydrogen (secondary N) is 2. The van der Waals surface area contributed by atoms with Crippen LogP contribution in [-0.4, -0.2) is 60.2 Å². The highest BCUT2D eigenvalue weighted by Crippen LogP contribution is 2.38. The van der Waals surface area contributed by atoms with E-state index in [0.717, 1.165) is 18.2 Å². The third-order valence-electron chi connectivity index (χ3n) is 5.87. The van der Waals surface area contributed by atoms with Gasteiger partial charge in [0.05, 0.1) is 34.2 Å². The molecule has 1 aliphatic carbocycles. The van der Waals surface area contributed by atoms with Crippen LogP contribution in [-0.2, 0) is 27.2 Å². The lowest BCUT2D eigenvalue weighted by molar-refractivity contribution is -0.194.